The number of benzene rings is 1. The van der Waals surface area contributed by atoms with E-state index in [1.54, 1.807) is 7.05 Å². The Bertz CT molecular complexity index is 1140. The molecule has 8 nitrogen and oxygen atoms in total. The van der Waals surface area contributed by atoms with Crippen molar-refractivity contribution in [3.8, 4) is 0 Å². The van der Waals surface area contributed by atoms with Crippen LogP contribution in [0.15, 0.2) is 39.9 Å². The summed E-state index contributed by atoms with van der Waals surface area (Å²) in [6.07, 6.45) is 5.50. The highest BCUT2D eigenvalue weighted by Crippen LogP contribution is 2.22. The number of aromatic amines is 1. The predicted octanol–water partition coefficient (Wildman–Crippen LogP) is 2.37. The minimum atomic E-state index is -0.421. The fraction of sp³-hybridized carbons (Fsp3) is 0.542. The molecule has 4 rings (SSSR count). The third kappa shape index (κ3) is 4.80. The molecule has 1 saturated heterocycles. The number of hydrogen-bond acceptors (Lipinski definition) is 5. The molecular formula is C24H34N6O2. The third-order valence-electron chi connectivity index (χ3n) is 6.44. The Morgan fingerprint density at radius 3 is 2.44 bits per heavy atom. The number of hydrogen-bond donors (Lipinski definition) is 1. The van der Waals surface area contributed by atoms with Crippen molar-refractivity contribution in [3.63, 3.8) is 0 Å². The quantitative estimate of drug-likeness (QED) is 0.519. The minimum absolute atomic E-state index is 0.348. The number of aryl methyl sites for hydroxylation is 2. The Hall–Kier alpha value is -2.87. The smallest absolute Gasteiger partial charge is 0.329 e. The summed E-state index contributed by atoms with van der Waals surface area (Å²) in [5.41, 5.74) is 1.57. The van der Waals surface area contributed by atoms with Crippen LogP contribution >= 0.6 is 0 Å². The molecule has 3 heterocycles. The lowest BCUT2D eigenvalue weighted by Crippen LogP contribution is -2.47. The highest BCUT2D eigenvalue weighted by atomic mass is 16.2. The second-order valence-electron chi connectivity index (χ2n) is 8.68. The standard InChI is InChI=1S/C24H34N6O2/c1-3-4-5-9-13-30-20-21(27(2)24(32)26-22(20)31)25-23(30)29-17-15-28(16-18-29)14-12-19-10-7-6-8-11-19/h6-8,10-11H,3-5,9,12-18H2,1-2H3,(H,26,31,32). The Labute approximate surface area is 188 Å². The second kappa shape index (κ2) is 10.2. The van der Waals surface area contributed by atoms with E-state index in [-0.39, 0.29) is 5.56 Å². The number of unbranched alkanes of at least 4 members (excludes halogenated alkanes) is 3. The number of rotatable bonds is 9. The maximum Gasteiger partial charge on any atom is 0.329 e. The van der Waals surface area contributed by atoms with Gasteiger partial charge in [-0.2, -0.15) is 4.98 Å². The first-order valence-electron chi connectivity index (χ1n) is 11.8. The van der Waals surface area contributed by atoms with Gasteiger partial charge in [0, 0.05) is 46.3 Å². The number of piperazine rings is 1. The summed E-state index contributed by atoms with van der Waals surface area (Å²) in [4.78, 5) is 36.8. The van der Waals surface area contributed by atoms with Crippen molar-refractivity contribution in [1.29, 1.82) is 0 Å². The third-order valence-corrected chi connectivity index (χ3v) is 6.44. The van der Waals surface area contributed by atoms with Gasteiger partial charge in [-0.3, -0.25) is 19.2 Å². The lowest BCUT2D eigenvalue weighted by atomic mass is 10.1. The molecular weight excluding hydrogens is 404 g/mol. The topological polar surface area (TPSA) is 79.2 Å². The predicted molar refractivity (Wildman–Crippen MR) is 129 cm³/mol. The number of nitrogens with zero attached hydrogens (tertiary/aromatic N) is 5. The second-order valence-corrected chi connectivity index (χ2v) is 8.68. The first-order chi connectivity index (χ1) is 15.6. The summed E-state index contributed by atoms with van der Waals surface area (Å²) in [6, 6.07) is 10.6. The Morgan fingerprint density at radius 1 is 0.969 bits per heavy atom. The van der Waals surface area contributed by atoms with Crippen molar-refractivity contribution in [3.05, 3.63) is 56.7 Å². The molecule has 3 aromatic rings. The maximum atomic E-state index is 12.7. The van der Waals surface area contributed by atoms with Crippen molar-refractivity contribution in [2.75, 3.05) is 37.6 Å². The van der Waals surface area contributed by atoms with Crippen LogP contribution in [0.3, 0.4) is 0 Å². The lowest BCUT2D eigenvalue weighted by molar-refractivity contribution is 0.259. The molecule has 1 aliphatic heterocycles. The summed E-state index contributed by atoms with van der Waals surface area (Å²) in [5, 5.41) is 0. The van der Waals surface area contributed by atoms with Crippen LogP contribution in [0.5, 0.6) is 0 Å². The van der Waals surface area contributed by atoms with Gasteiger partial charge in [0.15, 0.2) is 11.2 Å². The molecule has 2 aromatic heterocycles. The monoisotopic (exact) mass is 438 g/mol. The summed E-state index contributed by atoms with van der Waals surface area (Å²) < 4.78 is 3.47. The molecule has 0 amide bonds. The van der Waals surface area contributed by atoms with Gasteiger partial charge in [-0.1, -0.05) is 56.5 Å². The number of nitrogens with one attached hydrogen (secondary N) is 1. The van der Waals surface area contributed by atoms with Crippen LogP contribution in [0.1, 0.15) is 38.2 Å². The molecule has 0 radical (unpaired) electrons. The van der Waals surface area contributed by atoms with E-state index in [4.69, 9.17) is 4.98 Å². The minimum Gasteiger partial charge on any atom is -0.340 e. The van der Waals surface area contributed by atoms with Crippen LogP contribution in [0, 0.1) is 0 Å². The van der Waals surface area contributed by atoms with Gasteiger partial charge in [0.1, 0.15) is 0 Å². The zero-order valence-electron chi connectivity index (χ0n) is 19.2. The molecule has 8 heteroatoms. The molecule has 172 valence electrons. The fourth-order valence-electron chi connectivity index (χ4n) is 4.48. The Kier molecular flexibility index (Phi) is 7.09. The maximum absolute atomic E-state index is 12.7. The first-order valence-corrected chi connectivity index (χ1v) is 11.8. The van der Waals surface area contributed by atoms with Crippen LogP contribution in [0.25, 0.3) is 11.2 Å². The van der Waals surface area contributed by atoms with Gasteiger partial charge in [0.05, 0.1) is 0 Å². The number of imidazole rings is 1. The van der Waals surface area contributed by atoms with Gasteiger partial charge in [0.2, 0.25) is 5.95 Å². The van der Waals surface area contributed by atoms with E-state index >= 15 is 0 Å². The largest absolute Gasteiger partial charge is 0.340 e. The van der Waals surface area contributed by atoms with Crippen molar-refractivity contribution in [1.82, 2.24) is 24.0 Å². The average Bonchev–Trinajstić information content (AvgIpc) is 3.20. The van der Waals surface area contributed by atoms with Crippen molar-refractivity contribution >= 4 is 17.1 Å². The van der Waals surface area contributed by atoms with Gasteiger partial charge >= 0.3 is 5.69 Å². The highest BCUT2D eigenvalue weighted by molar-refractivity contribution is 5.74. The molecule has 0 bridgehead atoms. The number of H-pyrrole nitrogens is 1. The van der Waals surface area contributed by atoms with Crippen LogP contribution in [-0.4, -0.2) is 56.7 Å². The van der Waals surface area contributed by atoms with E-state index in [0.29, 0.717) is 11.2 Å². The molecule has 1 fully saturated rings. The van der Waals surface area contributed by atoms with E-state index in [9.17, 15) is 9.59 Å². The molecule has 0 spiro atoms. The summed E-state index contributed by atoms with van der Waals surface area (Å²) in [6.45, 7) is 7.61. The fourth-order valence-corrected chi connectivity index (χ4v) is 4.48. The normalized spacial score (nSPS) is 15.0. The molecule has 1 aliphatic rings. The zero-order valence-corrected chi connectivity index (χ0v) is 19.2. The number of aromatic nitrogens is 4. The summed E-state index contributed by atoms with van der Waals surface area (Å²) in [5.74, 6) is 0.811. The molecule has 1 N–H and O–H groups in total. The molecule has 1 aromatic carbocycles. The molecule has 0 aliphatic carbocycles. The van der Waals surface area contributed by atoms with Crippen molar-refractivity contribution in [2.45, 2.75) is 45.6 Å². The van der Waals surface area contributed by atoms with Gasteiger partial charge < -0.3 is 9.47 Å². The number of anilines is 1. The van der Waals surface area contributed by atoms with Crippen LogP contribution in [0.4, 0.5) is 5.95 Å². The summed E-state index contributed by atoms with van der Waals surface area (Å²) >= 11 is 0. The molecule has 32 heavy (non-hydrogen) atoms. The van der Waals surface area contributed by atoms with E-state index in [1.165, 1.54) is 16.6 Å². The van der Waals surface area contributed by atoms with E-state index < -0.39 is 5.69 Å². The Morgan fingerprint density at radius 2 is 1.72 bits per heavy atom. The van der Waals surface area contributed by atoms with Crippen LogP contribution in [-0.2, 0) is 20.0 Å². The van der Waals surface area contributed by atoms with Gasteiger partial charge in [-0.25, -0.2) is 4.79 Å². The van der Waals surface area contributed by atoms with E-state index in [1.807, 2.05) is 4.57 Å². The van der Waals surface area contributed by atoms with E-state index in [2.05, 4.69) is 52.0 Å². The molecule has 0 saturated carbocycles. The molecule has 0 atom stereocenters. The molecule has 0 unspecified atom stereocenters. The van der Waals surface area contributed by atoms with E-state index in [0.717, 1.165) is 70.9 Å². The van der Waals surface area contributed by atoms with Crippen molar-refractivity contribution in [2.24, 2.45) is 7.05 Å². The zero-order chi connectivity index (χ0) is 22.5. The van der Waals surface area contributed by atoms with Crippen LogP contribution < -0.4 is 16.1 Å². The summed E-state index contributed by atoms with van der Waals surface area (Å²) in [7, 11) is 1.67. The average molecular weight is 439 g/mol. The SMILES string of the molecule is CCCCCCn1c(N2CCN(CCc3ccccc3)CC2)nc2c1c(=O)[nH]c(=O)n2C. The first kappa shape index (κ1) is 22.3. The van der Waals surface area contributed by atoms with Gasteiger partial charge in [-0.05, 0) is 18.4 Å². The van der Waals surface area contributed by atoms with Gasteiger partial charge in [-0.15, -0.1) is 0 Å². The van der Waals surface area contributed by atoms with Crippen LogP contribution in [0.2, 0.25) is 0 Å². The van der Waals surface area contributed by atoms with Gasteiger partial charge in [0.25, 0.3) is 5.56 Å². The highest BCUT2D eigenvalue weighted by Gasteiger charge is 2.24. The van der Waals surface area contributed by atoms with Crippen molar-refractivity contribution < 1.29 is 0 Å². The lowest BCUT2D eigenvalue weighted by Gasteiger charge is -2.35. The number of fused-ring (bicyclic) bond motifs is 1. The Balaban J connectivity index is 1.51.